The number of amides is 1. The first-order chi connectivity index (χ1) is 17.4. The van der Waals surface area contributed by atoms with Crippen LogP contribution in [0.1, 0.15) is 66.6 Å². The van der Waals surface area contributed by atoms with Gasteiger partial charge in [0.25, 0.3) is 5.91 Å². The van der Waals surface area contributed by atoms with E-state index >= 15 is 0 Å². The number of aryl methyl sites for hydroxylation is 1. The van der Waals surface area contributed by atoms with Crippen LogP contribution >= 0.6 is 11.3 Å². The molecule has 2 N–H and O–H groups in total. The van der Waals surface area contributed by atoms with Crippen LogP contribution in [0.4, 0.5) is 9.52 Å². The molecule has 1 amide bonds. The number of thiazole rings is 1. The third-order valence-electron chi connectivity index (χ3n) is 6.26. The van der Waals surface area contributed by atoms with Gasteiger partial charge in [-0.3, -0.25) is 15.1 Å². The van der Waals surface area contributed by atoms with Crippen molar-refractivity contribution < 1.29 is 13.6 Å². The molecule has 3 aromatic heterocycles. The molecule has 0 aliphatic heterocycles. The van der Waals surface area contributed by atoms with Gasteiger partial charge in [0.1, 0.15) is 17.2 Å². The molecule has 0 saturated heterocycles. The Morgan fingerprint density at radius 3 is 2.64 bits per heavy atom. The Morgan fingerprint density at radius 2 is 1.97 bits per heavy atom. The number of benzene rings is 1. The molecule has 0 bridgehead atoms. The molecule has 1 aliphatic carbocycles. The Bertz CT molecular complexity index is 1380. The number of carbonyl (C=O) groups is 1. The monoisotopic (exact) mass is 505 g/mol. The predicted molar refractivity (Wildman–Crippen MR) is 138 cm³/mol. The van der Waals surface area contributed by atoms with Crippen LogP contribution in [-0.4, -0.2) is 26.9 Å². The van der Waals surface area contributed by atoms with Gasteiger partial charge in [-0.2, -0.15) is 0 Å². The molecular weight excluding hydrogens is 477 g/mol. The minimum Gasteiger partial charge on any atom is -0.435 e. The van der Waals surface area contributed by atoms with E-state index in [4.69, 9.17) is 4.42 Å². The number of aromatic nitrogens is 3. The van der Waals surface area contributed by atoms with Gasteiger partial charge < -0.3 is 9.73 Å². The van der Waals surface area contributed by atoms with Gasteiger partial charge in [-0.15, -0.1) is 11.3 Å². The average Bonchev–Trinajstić information content (AvgIpc) is 3.46. The standard InChI is InChI=1S/C27H28FN5O2S/c1-15(2)26-32-23(18-7-9-19(28)10-8-18)24(35-26)25(34)33-27-31-21(14-36-27)22-16(3)11-17(13-30-22)12-29-20-5-4-6-20/h7-11,13-15,20,29H,4-6,12H2,1-3H3,(H,31,33,34). The average molecular weight is 506 g/mol. The van der Waals surface area contributed by atoms with Crippen LogP contribution < -0.4 is 10.6 Å². The van der Waals surface area contributed by atoms with E-state index in [1.807, 2.05) is 32.3 Å². The first kappa shape index (κ1) is 24.3. The summed E-state index contributed by atoms with van der Waals surface area (Å²) < 4.78 is 19.2. The fraction of sp³-hybridized carbons (Fsp3) is 0.333. The molecule has 0 spiro atoms. The van der Waals surface area contributed by atoms with Gasteiger partial charge in [0.05, 0.1) is 5.69 Å². The minimum atomic E-state index is -0.461. The third-order valence-corrected chi connectivity index (χ3v) is 7.02. The Labute approximate surface area is 213 Å². The van der Waals surface area contributed by atoms with Crippen molar-refractivity contribution in [3.05, 3.63) is 70.5 Å². The van der Waals surface area contributed by atoms with Crippen molar-refractivity contribution in [2.24, 2.45) is 0 Å². The second-order valence-electron chi connectivity index (χ2n) is 9.40. The number of halogens is 1. The molecule has 1 aromatic carbocycles. The third kappa shape index (κ3) is 5.22. The SMILES string of the molecule is Cc1cc(CNC2CCC2)cnc1-c1csc(NC(=O)c2oc(C(C)C)nc2-c2ccc(F)cc2)n1. The van der Waals surface area contributed by atoms with E-state index in [-0.39, 0.29) is 17.5 Å². The molecule has 186 valence electrons. The van der Waals surface area contributed by atoms with E-state index in [1.54, 1.807) is 12.1 Å². The number of hydrogen-bond donors (Lipinski definition) is 2. The van der Waals surface area contributed by atoms with Gasteiger partial charge in [-0.1, -0.05) is 26.3 Å². The number of oxazole rings is 1. The summed E-state index contributed by atoms with van der Waals surface area (Å²) in [6.07, 6.45) is 5.67. The number of carbonyl (C=O) groups excluding carboxylic acids is 1. The molecule has 9 heteroatoms. The topological polar surface area (TPSA) is 92.9 Å². The number of rotatable bonds is 8. The molecule has 0 unspecified atom stereocenters. The van der Waals surface area contributed by atoms with Crippen LogP contribution in [0.3, 0.4) is 0 Å². The summed E-state index contributed by atoms with van der Waals surface area (Å²) in [5.74, 6) is -0.334. The highest BCUT2D eigenvalue weighted by molar-refractivity contribution is 7.14. The van der Waals surface area contributed by atoms with Crippen LogP contribution in [-0.2, 0) is 6.54 Å². The summed E-state index contributed by atoms with van der Waals surface area (Å²) in [7, 11) is 0. The second-order valence-corrected chi connectivity index (χ2v) is 10.3. The summed E-state index contributed by atoms with van der Waals surface area (Å²) >= 11 is 1.31. The highest BCUT2D eigenvalue weighted by Gasteiger charge is 2.24. The minimum absolute atomic E-state index is 0.0156. The van der Waals surface area contributed by atoms with Crippen molar-refractivity contribution in [2.75, 3.05) is 5.32 Å². The first-order valence-corrected chi connectivity index (χ1v) is 13.0. The van der Waals surface area contributed by atoms with E-state index in [1.165, 1.54) is 42.7 Å². The Morgan fingerprint density at radius 1 is 1.19 bits per heavy atom. The molecule has 0 atom stereocenters. The fourth-order valence-electron chi connectivity index (χ4n) is 4.01. The molecule has 1 fully saturated rings. The summed E-state index contributed by atoms with van der Waals surface area (Å²) in [4.78, 5) is 26.9. The molecule has 4 aromatic rings. The van der Waals surface area contributed by atoms with Crippen LogP contribution in [0.2, 0.25) is 0 Å². The van der Waals surface area contributed by atoms with Crippen molar-refractivity contribution in [3.63, 3.8) is 0 Å². The van der Waals surface area contributed by atoms with E-state index in [2.05, 4.69) is 31.7 Å². The van der Waals surface area contributed by atoms with E-state index < -0.39 is 5.91 Å². The lowest BCUT2D eigenvalue weighted by molar-refractivity contribution is 0.0995. The maximum absolute atomic E-state index is 13.4. The Kier molecular flexibility index (Phi) is 6.93. The molecular formula is C27H28FN5O2S. The lowest BCUT2D eigenvalue weighted by Gasteiger charge is -2.26. The summed E-state index contributed by atoms with van der Waals surface area (Å²) in [6.45, 7) is 6.69. The van der Waals surface area contributed by atoms with Crippen LogP contribution in [0.25, 0.3) is 22.6 Å². The maximum Gasteiger partial charge on any atom is 0.295 e. The maximum atomic E-state index is 13.4. The highest BCUT2D eigenvalue weighted by Crippen LogP contribution is 2.30. The Balaban J connectivity index is 1.33. The van der Waals surface area contributed by atoms with Gasteiger partial charge in [0.2, 0.25) is 5.76 Å². The number of anilines is 1. The van der Waals surface area contributed by atoms with Gasteiger partial charge >= 0.3 is 0 Å². The first-order valence-electron chi connectivity index (χ1n) is 12.1. The van der Waals surface area contributed by atoms with Gasteiger partial charge in [0.15, 0.2) is 11.0 Å². The molecule has 36 heavy (non-hydrogen) atoms. The smallest absolute Gasteiger partial charge is 0.295 e. The van der Waals surface area contributed by atoms with Crippen LogP contribution in [0.15, 0.2) is 46.3 Å². The molecule has 3 heterocycles. The van der Waals surface area contributed by atoms with E-state index in [9.17, 15) is 9.18 Å². The van der Waals surface area contributed by atoms with E-state index in [0.717, 1.165) is 23.4 Å². The fourth-order valence-corrected chi connectivity index (χ4v) is 4.70. The molecule has 5 rings (SSSR count). The number of pyridine rings is 1. The number of nitrogens with zero attached hydrogens (tertiary/aromatic N) is 3. The van der Waals surface area contributed by atoms with E-state index in [0.29, 0.717) is 34.0 Å². The zero-order valence-electron chi connectivity index (χ0n) is 20.5. The van der Waals surface area contributed by atoms with Crippen molar-refractivity contribution in [1.82, 2.24) is 20.3 Å². The lowest BCUT2D eigenvalue weighted by Crippen LogP contribution is -2.34. The molecule has 7 nitrogen and oxygen atoms in total. The molecule has 0 radical (unpaired) electrons. The van der Waals surface area contributed by atoms with Crippen molar-refractivity contribution in [3.8, 4) is 22.6 Å². The normalized spacial score (nSPS) is 13.7. The van der Waals surface area contributed by atoms with Crippen molar-refractivity contribution in [2.45, 2.75) is 58.5 Å². The summed E-state index contributed by atoms with van der Waals surface area (Å²) in [5, 5.41) is 8.68. The highest BCUT2D eigenvalue weighted by atomic mass is 32.1. The van der Waals surface area contributed by atoms with Crippen LogP contribution in [0.5, 0.6) is 0 Å². The van der Waals surface area contributed by atoms with Gasteiger partial charge in [0, 0.05) is 35.6 Å². The number of hydrogen-bond acceptors (Lipinski definition) is 7. The largest absolute Gasteiger partial charge is 0.435 e. The summed E-state index contributed by atoms with van der Waals surface area (Å²) in [5.41, 5.74) is 4.63. The molecule has 1 aliphatic rings. The van der Waals surface area contributed by atoms with Gasteiger partial charge in [-0.05, 0) is 55.2 Å². The summed E-state index contributed by atoms with van der Waals surface area (Å²) in [6, 6.07) is 8.57. The Hall–Kier alpha value is -3.43. The van der Waals surface area contributed by atoms with Crippen molar-refractivity contribution in [1.29, 1.82) is 0 Å². The zero-order valence-corrected chi connectivity index (χ0v) is 21.3. The molecule has 1 saturated carbocycles. The number of nitrogens with one attached hydrogen (secondary N) is 2. The second kappa shape index (κ2) is 10.3. The quantitative estimate of drug-likeness (QED) is 0.291. The lowest BCUT2D eigenvalue weighted by atomic mass is 9.93. The van der Waals surface area contributed by atoms with Crippen molar-refractivity contribution >= 4 is 22.4 Å². The van der Waals surface area contributed by atoms with Gasteiger partial charge in [-0.25, -0.2) is 14.4 Å². The zero-order chi connectivity index (χ0) is 25.2. The predicted octanol–water partition coefficient (Wildman–Crippen LogP) is 6.33. The van der Waals surface area contributed by atoms with Crippen LogP contribution in [0, 0.1) is 12.7 Å².